The Balaban J connectivity index is 1.63. The molecule has 3 rings (SSSR count). The number of hydrogen-bond acceptors (Lipinski definition) is 5. The van der Waals surface area contributed by atoms with Gasteiger partial charge in [0, 0.05) is 24.4 Å². The molecule has 25 heavy (non-hydrogen) atoms. The third-order valence-electron chi connectivity index (χ3n) is 4.07. The first-order valence-electron chi connectivity index (χ1n) is 7.93. The van der Waals surface area contributed by atoms with Crippen LogP contribution in [-0.4, -0.2) is 25.5 Å². The van der Waals surface area contributed by atoms with E-state index in [2.05, 4.69) is 20.4 Å². The van der Waals surface area contributed by atoms with E-state index in [9.17, 15) is 9.18 Å². The summed E-state index contributed by atoms with van der Waals surface area (Å²) in [7, 11) is 0. The summed E-state index contributed by atoms with van der Waals surface area (Å²) in [6, 6.07) is 6.05. The third kappa shape index (κ3) is 3.73. The monoisotopic (exact) mass is 342 g/mol. The number of benzene rings is 1. The summed E-state index contributed by atoms with van der Waals surface area (Å²) in [5, 5.41) is 6.95. The van der Waals surface area contributed by atoms with Crippen molar-refractivity contribution in [3.63, 3.8) is 0 Å². The van der Waals surface area contributed by atoms with Crippen molar-refractivity contribution in [2.75, 3.05) is 5.73 Å². The molecule has 7 nitrogen and oxygen atoms in total. The molecule has 0 saturated heterocycles. The van der Waals surface area contributed by atoms with Crippen LogP contribution in [0.3, 0.4) is 0 Å². The van der Waals surface area contributed by atoms with Gasteiger partial charge in [0.05, 0.1) is 0 Å². The predicted octanol–water partition coefficient (Wildman–Crippen LogP) is 1.71. The summed E-state index contributed by atoms with van der Waals surface area (Å²) in [4.78, 5) is 20.5. The van der Waals surface area contributed by atoms with E-state index in [0.29, 0.717) is 25.2 Å². The van der Waals surface area contributed by atoms with Gasteiger partial charge in [-0.1, -0.05) is 12.1 Å². The molecule has 3 aromatic rings. The lowest BCUT2D eigenvalue weighted by Crippen LogP contribution is -2.23. The van der Waals surface area contributed by atoms with E-state index in [1.807, 2.05) is 13.8 Å². The van der Waals surface area contributed by atoms with Gasteiger partial charge >= 0.3 is 0 Å². The molecule has 0 unspecified atom stereocenters. The molecule has 0 aliphatic rings. The van der Waals surface area contributed by atoms with Gasteiger partial charge in [-0.3, -0.25) is 4.79 Å². The third-order valence-corrected chi connectivity index (χ3v) is 4.07. The Morgan fingerprint density at radius 2 is 1.96 bits per heavy atom. The van der Waals surface area contributed by atoms with Crippen molar-refractivity contribution in [1.29, 1.82) is 0 Å². The maximum Gasteiger partial charge on any atom is 0.254 e. The van der Waals surface area contributed by atoms with Gasteiger partial charge in [0.1, 0.15) is 5.82 Å². The lowest BCUT2D eigenvalue weighted by Gasteiger charge is -2.10. The second kappa shape index (κ2) is 6.84. The van der Waals surface area contributed by atoms with Crippen LogP contribution in [0.15, 0.2) is 24.3 Å². The number of aromatic nitrogens is 4. The Morgan fingerprint density at radius 3 is 2.68 bits per heavy atom. The van der Waals surface area contributed by atoms with Crippen LogP contribution >= 0.6 is 0 Å². The average molecular weight is 342 g/mol. The second-order valence-electron chi connectivity index (χ2n) is 5.85. The van der Waals surface area contributed by atoms with Gasteiger partial charge in [0.2, 0.25) is 11.9 Å². The summed E-state index contributed by atoms with van der Waals surface area (Å²) in [5.41, 5.74) is 9.10. The van der Waals surface area contributed by atoms with Gasteiger partial charge in [0.15, 0.2) is 0 Å². The molecule has 0 saturated carbocycles. The summed E-state index contributed by atoms with van der Waals surface area (Å²) in [6.45, 7) is 4.15. The minimum Gasteiger partial charge on any atom is -0.366 e. The van der Waals surface area contributed by atoms with E-state index in [0.717, 1.165) is 22.5 Å². The number of nitrogens with two attached hydrogens (primary N) is 1. The van der Waals surface area contributed by atoms with Gasteiger partial charge in [0.25, 0.3) is 5.78 Å². The van der Waals surface area contributed by atoms with Crippen molar-refractivity contribution in [2.24, 2.45) is 0 Å². The highest BCUT2D eigenvalue weighted by Crippen LogP contribution is 2.16. The largest absolute Gasteiger partial charge is 0.366 e. The van der Waals surface area contributed by atoms with E-state index in [-0.39, 0.29) is 17.7 Å². The summed E-state index contributed by atoms with van der Waals surface area (Å²) >= 11 is 0. The van der Waals surface area contributed by atoms with Crippen LogP contribution in [0.4, 0.5) is 10.3 Å². The molecule has 3 N–H and O–H groups in total. The molecular weight excluding hydrogens is 323 g/mol. The van der Waals surface area contributed by atoms with Crippen LogP contribution in [0.2, 0.25) is 0 Å². The molecule has 0 spiro atoms. The molecule has 0 fully saturated rings. The minimum absolute atomic E-state index is 0.0821. The summed E-state index contributed by atoms with van der Waals surface area (Å²) in [5.74, 6) is 0.250. The molecule has 0 aliphatic carbocycles. The van der Waals surface area contributed by atoms with Crippen molar-refractivity contribution >= 4 is 17.6 Å². The Bertz CT molecular complexity index is 919. The van der Waals surface area contributed by atoms with Crippen molar-refractivity contribution in [3.8, 4) is 0 Å². The van der Waals surface area contributed by atoms with Gasteiger partial charge < -0.3 is 11.1 Å². The minimum atomic E-state index is -0.294. The predicted molar refractivity (Wildman–Crippen MR) is 91.2 cm³/mol. The normalized spacial score (nSPS) is 11.0. The molecule has 0 radical (unpaired) electrons. The maximum absolute atomic E-state index is 12.9. The number of anilines is 1. The first kappa shape index (κ1) is 16.8. The van der Waals surface area contributed by atoms with Crippen molar-refractivity contribution in [2.45, 2.75) is 33.2 Å². The number of aryl methyl sites for hydroxylation is 2. The molecule has 0 aliphatic heterocycles. The van der Waals surface area contributed by atoms with Crippen LogP contribution in [0.5, 0.6) is 0 Å². The quantitative estimate of drug-likeness (QED) is 0.735. The van der Waals surface area contributed by atoms with Crippen LogP contribution in [0, 0.1) is 19.7 Å². The molecular formula is C17H19FN6O. The smallest absolute Gasteiger partial charge is 0.254 e. The fourth-order valence-electron chi connectivity index (χ4n) is 2.72. The number of hydrogen-bond donors (Lipinski definition) is 2. The molecule has 1 aromatic carbocycles. The number of fused-ring (bicyclic) bond motifs is 1. The highest BCUT2D eigenvalue weighted by molar-refractivity contribution is 5.76. The maximum atomic E-state index is 12.9. The fraction of sp³-hybridized carbons (Fsp3) is 0.294. The first-order chi connectivity index (χ1) is 11.9. The molecule has 0 bridgehead atoms. The molecule has 130 valence electrons. The lowest BCUT2D eigenvalue weighted by atomic mass is 10.1. The Labute approximate surface area is 144 Å². The van der Waals surface area contributed by atoms with Gasteiger partial charge in [-0.2, -0.15) is 9.50 Å². The Hall–Kier alpha value is -3.03. The van der Waals surface area contributed by atoms with E-state index in [1.54, 1.807) is 16.6 Å². The summed E-state index contributed by atoms with van der Waals surface area (Å²) in [6.07, 6.45) is 0.857. The van der Waals surface area contributed by atoms with Crippen LogP contribution in [0.1, 0.15) is 28.9 Å². The van der Waals surface area contributed by atoms with Crippen molar-refractivity contribution < 1.29 is 9.18 Å². The van der Waals surface area contributed by atoms with Crippen molar-refractivity contribution in [3.05, 3.63) is 52.6 Å². The average Bonchev–Trinajstić information content (AvgIpc) is 2.94. The molecule has 1 amide bonds. The van der Waals surface area contributed by atoms with Crippen LogP contribution < -0.4 is 11.1 Å². The zero-order valence-corrected chi connectivity index (χ0v) is 14.1. The van der Waals surface area contributed by atoms with E-state index >= 15 is 0 Å². The standard InChI is InChI=1S/C17H19FN6O/c1-10-14(11(2)24-17(21-10)22-16(19)23-24)7-8-15(25)20-9-12-3-5-13(18)6-4-12/h3-6H,7-9H2,1-2H3,(H2,19,23)(H,20,25). The number of carbonyl (C=O) groups excluding carboxylic acids is 1. The van der Waals surface area contributed by atoms with Gasteiger partial charge in [-0.25, -0.2) is 9.37 Å². The summed E-state index contributed by atoms with van der Waals surface area (Å²) < 4.78 is 14.5. The SMILES string of the molecule is Cc1nc2nc(N)nn2c(C)c1CCC(=O)NCc1ccc(F)cc1. The Morgan fingerprint density at radius 1 is 1.24 bits per heavy atom. The van der Waals surface area contributed by atoms with Crippen LogP contribution in [0.25, 0.3) is 5.78 Å². The van der Waals surface area contributed by atoms with Crippen molar-refractivity contribution in [1.82, 2.24) is 24.9 Å². The number of halogens is 1. The topological polar surface area (TPSA) is 98.2 Å². The number of nitrogen functional groups attached to an aromatic ring is 1. The number of nitrogens with one attached hydrogen (secondary N) is 1. The van der Waals surface area contributed by atoms with Gasteiger partial charge in [-0.15, -0.1) is 5.10 Å². The zero-order valence-electron chi connectivity index (χ0n) is 14.1. The zero-order chi connectivity index (χ0) is 18.0. The van der Waals surface area contributed by atoms with Gasteiger partial charge in [-0.05, 0) is 43.5 Å². The fourth-order valence-corrected chi connectivity index (χ4v) is 2.72. The highest BCUT2D eigenvalue weighted by atomic mass is 19.1. The Kier molecular flexibility index (Phi) is 4.60. The van der Waals surface area contributed by atoms with E-state index in [4.69, 9.17) is 5.73 Å². The molecule has 8 heteroatoms. The van der Waals surface area contributed by atoms with Crippen LogP contribution in [-0.2, 0) is 17.8 Å². The van der Waals surface area contributed by atoms with E-state index in [1.165, 1.54) is 12.1 Å². The first-order valence-corrected chi connectivity index (χ1v) is 7.93. The number of amides is 1. The highest BCUT2D eigenvalue weighted by Gasteiger charge is 2.13. The van der Waals surface area contributed by atoms with E-state index < -0.39 is 0 Å². The molecule has 2 aromatic heterocycles. The number of rotatable bonds is 5. The number of nitrogens with zero attached hydrogens (tertiary/aromatic N) is 4. The molecule has 0 atom stereocenters. The second-order valence-corrected chi connectivity index (χ2v) is 5.85. The molecule has 2 heterocycles. The lowest BCUT2D eigenvalue weighted by molar-refractivity contribution is -0.121. The number of carbonyl (C=O) groups is 1.